The molecule has 7 nitrogen and oxygen atoms in total. The van der Waals surface area contributed by atoms with Crippen molar-refractivity contribution in [3.05, 3.63) is 101 Å². The van der Waals surface area contributed by atoms with Crippen molar-refractivity contribution in [3.8, 4) is 5.69 Å². The molecular weight excluding hydrogens is 455 g/mol. The molecule has 9 heteroatoms. The molecule has 0 fully saturated rings. The van der Waals surface area contributed by atoms with Gasteiger partial charge in [-0.3, -0.25) is 14.7 Å². The number of nitrogens with one attached hydrogen (secondary N) is 1. The molecule has 0 bridgehead atoms. The van der Waals surface area contributed by atoms with E-state index in [1.807, 2.05) is 24.4 Å². The summed E-state index contributed by atoms with van der Waals surface area (Å²) in [7, 11) is 0. The topological polar surface area (TPSA) is 75.9 Å². The number of carbonyl (C=O) groups is 1. The second-order valence-corrected chi connectivity index (χ2v) is 8.11. The van der Waals surface area contributed by atoms with Gasteiger partial charge in [-0.15, -0.1) is 17.5 Å². The molecule has 0 saturated heterocycles. The van der Waals surface area contributed by atoms with Crippen LogP contribution in [0, 0.1) is 12.7 Å². The van der Waals surface area contributed by atoms with Crippen LogP contribution in [0.4, 0.5) is 10.1 Å². The van der Waals surface area contributed by atoms with Gasteiger partial charge in [0.05, 0.1) is 17.1 Å². The summed E-state index contributed by atoms with van der Waals surface area (Å²) in [5, 5.41) is 10.9. The highest BCUT2D eigenvalue weighted by Gasteiger charge is 2.23. The van der Waals surface area contributed by atoms with Crippen LogP contribution in [0.15, 0.2) is 67.0 Å². The van der Waals surface area contributed by atoms with Crippen LogP contribution in [0.25, 0.3) is 5.69 Å². The van der Waals surface area contributed by atoms with Crippen molar-refractivity contribution < 1.29 is 9.18 Å². The molecule has 0 radical (unpaired) electrons. The predicted octanol–water partition coefficient (Wildman–Crippen LogP) is 4.34. The molecule has 0 aliphatic carbocycles. The average molecular weight is 479 g/mol. The van der Waals surface area contributed by atoms with Gasteiger partial charge >= 0.3 is 0 Å². The van der Waals surface area contributed by atoms with Crippen molar-refractivity contribution in [3.63, 3.8) is 0 Å². The fourth-order valence-corrected chi connectivity index (χ4v) is 4.24. The van der Waals surface area contributed by atoms with E-state index >= 15 is 0 Å². The third-order valence-corrected chi connectivity index (χ3v) is 5.91. The number of carbonyl (C=O) groups excluding carboxylic acids is 1. The summed E-state index contributed by atoms with van der Waals surface area (Å²) in [6, 6.07) is 16.2. The lowest BCUT2D eigenvalue weighted by atomic mass is 9.97. The molecule has 1 amide bonds. The van der Waals surface area contributed by atoms with E-state index in [0.29, 0.717) is 5.69 Å². The zero-order valence-electron chi connectivity index (χ0n) is 18.6. The van der Waals surface area contributed by atoms with E-state index in [4.69, 9.17) is 0 Å². The first-order valence-electron chi connectivity index (χ1n) is 10.8. The first-order chi connectivity index (χ1) is 16.1. The number of aromatic nitrogens is 4. The first-order valence-corrected chi connectivity index (χ1v) is 10.8. The molecule has 2 aromatic heterocycles. The lowest BCUT2D eigenvalue weighted by Gasteiger charge is -2.30. The van der Waals surface area contributed by atoms with Gasteiger partial charge < -0.3 is 5.32 Å². The number of anilines is 1. The van der Waals surface area contributed by atoms with E-state index in [9.17, 15) is 9.18 Å². The minimum atomic E-state index is -0.496. The third-order valence-electron chi connectivity index (χ3n) is 5.91. The van der Waals surface area contributed by atoms with Gasteiger partial charge in [0.15, 0.2) is 5.69 Å². The minimum absolute atomic E-state index is 0. The van der Waals surface area contributed by atoms with E-state index in [1.165, 1.54) is 28.8 Å². The quantitative estimate of drug-likeness (QED) is 0.461. The Labute approximate surface area is 203 Å². The SMILES string of the molecule is Cc1c(C(=O)Nc2ccccc2F)nnn1-c1cccc2c1CCN(Cc1cccnc1)C2.Cl. The van der Waals surface area contributed by atoms with Gasteiger partial charge in [0.25, 0.3) is 5.91 Å². The Morgan fingerprint density at radius 2 is 1.97 bits per heavy atom. The number of pyridine rings is 1. The van der Waals surface area contributed by atoms with E-state index in [0.717, 1.165) is 31.7 Å². The molecular formula is C25H24ClFN6O. The summed E-state index contributed by atoms with van der Waals surface area (Å²) in [6.45, 7) is 4.38. The molecule has 0 spiro atoms. The summed E-state index contributed by atoms with van der Waals surface area (Å²) in [4.78, 5) is 19.3. The van der Waals surface area contributed by atoms with Gasteiger partial charge in [-0.1, -0.05) is 35.5 Å². The molecule has 4 aromatic rings. The van der Waals surface area contributed by atoms with Crippen molar-refractivity contribution >= 4 is 24.0 Å². The smallest absolute Gasteiger partial charge is 0.278 e. The zero-order chi connectivity index (χ0) is 22.8. The molecule has 3 heterocycles. The van der Waals surface area contributed by atoms with Crippen molar-refractivity contribution in [1.29, 1.82) is 0 Å². The lowest BCUT2D eigenvalue weighted by molar-refractivity contribution is 0.102. The number of nitrogens with zero attached hydrogens (tertiary/aromatic N) is 5. The number of hydrogen-bond donors (Lipinski definition) is 1. The normalized spacial score (nSPS) is 13.1. The molecule has 1 aliphatic heterocycles. The van der Waals surface area contributed by atoms with Gasteiger partial charge in [-0.2, -0.15) is 0 Å². The molecule has 5 rings (SSSR count). The number of halogens is 2. The predicted molar refractivity (Wildman–Crippen MR) is 130 cm³/mol. The van der Waals surface area contributed by atoms with Crippen LogP contribution in [0.3, 0.4) is 0 Å². The van der Waals surface area contributed by atoms with Crippen LogP contribution in [0.1, 0.15) is 32.9 Å². The molecule has 2 aromatic carbocycles. The maximum atomic E-state index is 13.9. The third kappa shape index (κ3) is 4.69. The summed E-state index contributed by atoms with van der Waals surface area (Å²) in [6.07, 6.45) is 4.55. The van der Waals surface area contributed by atoms with Crippen molar-refractivity contribution in [1.82, 2.24) is 24.9 Å². The van der Waals surface area contributed by atoms with Gasteiger partial charge in [0, 0.05) is 32.0 Å². The molecule has 0 saturated carbocycles. The van der Waals surface area contributed by atoms with Crippen LogP contribution in [0.2, 0.25) is 0 Å². The second kappa shape index (κ2) is 10.1. The monoisotopic (exact) mass is 478 g/mol. The summed E-state index contributed by atoms with van der Waals surface area (Å²) in [5.74, 6) is -0.986. The number of fused-ring (bicyclic) bond motifs is 1. The van der Waals surface area contributed by atoms with E-state index in [1.54, 1.807) is 29.9 Å². The van der Waals surface area contributed by atoms with Gasteiger partial charge in [-0.05, 0) is 54.3 Å². The van der Waals surface area contributed by atoms with E-state index in [2.05, 4.69) is 37.6 Å². The Hall–Kier alpha value is -3.62. The Bertz CT molecular complexity index is 1310. The molecule has 174 valence electrons. The standard InChI is InChI=1S/C25H23FN6O.ClH/c1-17-24(25(33)28-22-9-3-2-8-21(22)26)29-30-32(17)23-10-4-7-19-16-31(13-11-20(19)23)15-18-6-5-12-27-14-18;/h2-10,12,14H,11,13,15-16H2,1H3,(H,28,33);1H. The van der Waals surface area contributed by atoms with Crippen LogP contribution in [-0.2, 0) is 19.5 Å². The van der Waals surface area contributed by atoms with Crippen molar-refractivity contribution in [2.24, 2.45) is 0 Å². The summed E-state index contributed by atoms with van der Waals surface area (Å²) in [5.41, 5.74) is 5.43. The Balaban J connectivity index is 0.00000274. The number of benzene rings is 2. The van der Waals surface area contributed by atoms with Gasteiger partial charge in [-0.25, -0.2) is 9.07 Å². The van der Waals surface area contributed by atoms with Crippen LogP contribution < -0.4 is 5.32 Å². The van der Waals surface area contributed by atoms with Crippen molar-refractivity contribution in [2.45, 2.75) is 26.4 Å². The Morgan fingerprint density at radius 3 is 2.76 bits per heavy atom. The van der Waals surface area contributed by atoms with E-state index in [-0.39, 0.29) is 23.8 Å². The Morgan fingerprint density at radius 1 is 1.12 bits per heavy atom. The number of amides is 1. The van der Waals surface area contributed by atoms with Gasteiger partial charge in [0.2, 0.25) is 0 Å². The second-order valence-electron chi connectivity index (χ2n) is 8.11. The van der Waals surface area contributed by atoms with E-state index < -0.39 is 11.7 Å². The van der Waals surface area contributed by atoms with Crippen LogP contribution in [-0.4, -0.2) is 37.3 Å². The molecule has 0 unspecified atom stereocenters. The minimum Gasteiger partial charge on any atom is -0.318 e. The number of hydrogen-bond acceptors (Lipinski definition) is 5. The zero-order valence-corrected chi connectivity index (χ0v) is 19.4. The molecule has 0 atom stereocenters. The van der Waals surface area contributed by atoms with Crippen molar-refractivity contribution in [2.75, 3.05) is 11.9 Å². The fourth-order valence-electron chi connectivity index (χ4n) is 4.24. The number of para-hydroxylation sites is 1. The summed E-state index contributed by atoms with van der Waals surface area (Å²) >= 11 is 0. The largest absolute Gasteiger partial charge is 0.318 e. The van der Waals surface area contributed by atoms with Crippen LogP contribution in [0.5, 0.6) is 0 Å². The molecule has 1 aliphatic rings. The van der Waals surface area contributed by atoms with Crippen LogP contribution >= 0.6 is 12.4 Å². The highest BCUT2D eigenvalue weighted by Crippen LogP contribution is 2.27. The summed E-state index contributed by atoms with van der Waals surface area (Å²) < 4.78 is 15.6. The highest BCUT2D eigenvalue weighted by atomic mass is 35.5. The lowest BCUT2D eigenvalue weighted by Crippen LogP contribution is -2.31. The maximum Gasteiger partial charge on any atom is 0.278 e. The average Bonchev–Trinajstić information content (AvgIpc) is 3.22. The number of rotatable bonds is 5. The first kappa shape index (κ1) is 23.5. The van der Waals surface area contributed by atoms with Gasteiger partial charge in [0.1, 0.15) is 5.82 Å². The molecule has 34 heavy (non-hydrogen) atoms. The fraction of sp³-hybridized carbons (Fsp3) is 0.200. The maximum absolute atomic E-state index is 13.9. The molecule has 1 N–H and O–H groups in total. The Kier molecular flexibility index (Phi) is 7.00. The highest BCUT2D eigenvalue weighted by molar-refractivity contribution is 6.03.